The van der Waals surface area contributed by atoms with E-state index < -0.39 is 0 Å². The minimum Gasteiger partial charge on any atom is -0.314 e. The van der Waals surface area contributed by atoms with Crippen LogP contribution < -0.4 is 5.32 Å². The first-order valence-corrected chi connectivity index (χ1v) is 8.20. The lowest BCUT2D eigenvalue weighted by Crippen LogP contribution is -2.42. The van der Waals surface area contributed by atoms with Gasteiger partial charge in [-0.3, -0.25) is 4.90 Å². The van der Waals surface area contributed by atoms with Gasteiger partial charge in [-0.25, -0.2) is 0 Å². The molecule has 1 fully saturated rings. The molecule has 0 unspecified atom stereocenters. The highest BCUT2D eigenvalue weighted by Crippen LogP contribution is 2.31. The molecule has 0 radical (unpaired) electrons. The van der Waals surface area contributed by atoms with Crippen molar-refractivity contribution in [2.24, 2.45) is 0 Å². The normalized spacial score (nSPS) is 17.3. The molecular weight excluding hydrogens is 308 g/mol. The Balaban J connectivity index is 1.99. The fraction of sp³-hybridized carbons (Fsp3) is 0.571. The second-order valence-electron chi connectivity index (χ2n) is 4.96. The first-order valence-electron chi connectivity index (χ1n) is 6.53. The summed E-state index contributed by atoms with van der Waals surface area (Å²) in [6, 6.07) is 6.77. The van der Waals surface area contributed by atoms with Gasteiger partial charge in [-0.2, -0.15) is 0 Å². The van der Waals surface area contributed by atoms with Crippen molar-refractivity contribution < 1.29 is 0 Å². The molecule has 0 atom stereocenters. The summed E-state index contributed by atoms with van der Waals surface area (Å²) >= 11 is 5.60. The Labute approximate surface area is 123 Å². The van der Waals surface area contributed by atoms with Crippen LogP contribution in [0.2, 0.25) is 0 Å². The van der Waals surface area contributed by atoms with Crippen molar-refractivity contribution in [1.82, 2.24) is 10.2 Å². The zero-order chi connectivity index (χ0) is 13.0. The first kappa shape index (κ1) is 14.4. The monoisotopic (exact) mass is 328 g/mol. The van der Waals surface area contributed by atoms with Crippen LogP contribution in [0.3, 0.4) is 0 Å². The van der Waals surface area contributed by atoms with Gasteiger partial charge in [0.1, 0.15) is 0 Å². The van der Waals surface area contributed by atoms with Crippen molar-refractivity contribution in [3.05, 3.63) is 28.2 Å². The lowest BCUT2D eigenvalue weighted by Gasteiger charge is -2.27. The van der Waals surface area contributed by atoms with Crippen molar-refractivity contribution >= 4 is 27.7 Å². The summed E-state index contributed by atoms with van der Waals surface area (Å²) in [7, 11) is 0. The van der Waals surface area contributed by atoms with E-state index >= 15 is 0 Å². The smallest absolute Gasteiger partial charge is 0.0314 e. The van der Waals surface area contributed by atoms with E-state index in [1.54, 1.807) is 0 Å². The zero-order valence-corrected chi connectivity index (χ0v) is 13.5. The molecule has 1 heterocycles. The molecule has 2 rings (SSSR count). The summed E-state index contributed by atoms with van der Waals surface area (Å²) in [5.41, 5.74) is 1.40. The van der Waals surface area contributed by atoms with Crippen molar-refractivity contribution in [3.63, 3.8) is 0 Å². The molecule has 1 aromatic carbocycles. The maximum atomic E-state index is 3.69. The molecule has 0 aliphatic carbocycles. The summed E-state index contributed by atoms with van der Waals surface area (Å²) in [5.74, 6) is 0. The highest BCUT2D eigenvalue weighted by atomic mass is 79.9. The molecule has 1 aliphatic rings. The Kier molecular flexibility index (Phi) is 5.55. The van der Waals surface area contributed by atoms with Gasteiger partial charge in [-0.05, 0) is 33.6 Å². The molecule has 0 amide bonds. The van der Waals surface area contributed by atoms with Crippen LogP contribution in [0.15, 0.2) is 27.6 Å². The van der Waals surface area contributed by atoms with E-state index in [2.05, 4.69) is 58.2 Å². The first-order chi connectivity index (χ1) is 8.65. The van der Waals surface area contributed by atoms with Crippen LogP contribution in [0.4, 0.5) is 0 Å². The van der Waals surface area contributed by atoms with Gasteiger partial charge in [0.2, 0.25) is 0 Å². The maximum Gasteiger partial charge on any atom is 0.0314 e. The molecule has 1 aliphatic heterocycles. The van der Waals surface area contributed by atoms with Crippen LogP contribution in [0.1, 0.15) is 19.4 Å². The number of benzene rings is 1. The third kappa shape index (κ3) is 4.26. The highest BCUT2D eigenvalue weighted by Gasteiger charge is 2.11. The number of nitrogens with zero attached hydrogens (tertiary/aromatic N) is 1. The zero-order valence-electron chi connectivity index (χ0n) is 11.1. The average Bonchev–Trinajstić information content (AvgIpc) is 2.33. The minimum atomic E-state index is 0.625. The largest absolute Gasteiger partial charge is 0.314 e. The van der Waals surface area contributed by atoms with Crippen molar-refractivity contribution in [2.45, 2.75) is 30.5 Å². The van der Waals surface area contributed by atoms with Crippen LogP contribution >= 0.6 is 27.7 Å². The van der Waals surface area contributed by atoms with E-state index in [0.29, 0.717) is 5.25 Å². The Hall–Kier alpha value is -0.0300. The molecule has 1 saturated heterocycles. The molecule has 0 spiro atoms. The number of hydrogen-bond acceptors (Lipinski definition) is 3. The van der Waals surface area contributed by atoms with Crippen molar-refractivity contribution in [2.75, 3.05) is 26.2 Å². The average molecular weight is 329 g/mol. The van der Waals surface area contributed by atoms with Crippen LogP contribution in [-0.2, 0) is 6.54 Å². The second-order valence-corrected chi connectivity index (χ2v) is 7.43. The number of thioether (sulfide) groups is 1. The van der Waals surface area contributed by atoms with Crippen LogP contribution in [0.25, 0.3) is 0 Å². The van der Waals surface area contributed by atoms with E-state index in [1.165, 1.54) is 14.9 Å². The third-order valence-electron chi connectivity index (χ3n) is 2.97. The van der Waals surface area contributed by atoms with Crippen molar-refractivity contribution in [1.29, 1.82) is 0 Å². The molecule has 2 nitrogen and oxygen atoms in total. The van der Waals surface area contributed by atoms with Crippen LogP contribution in [0.5, 0.6) is 0 Å². The van der Waals surface area contributed by atoms with Crippen LogP contribution in [-0.4, -0.2) is 36.3 Å². The number of piperazine rings is 1. The fourth-order valence-electron chi connectivity index (χ4n) is 2.12. The minimum absolute atomic E-state index is 0.625. The molecule has 0 bridgehead atoms. The van der Waals surface area contributed by atoms with E-state index in [0.717, 1.165) is 32.7 Å². The molecule has 18 heavy (non-hydrogen) atoms. The number of halogens is 1. The van der Waals surface area contributed by atoms with E-state index in [9.17, 15) is 0 Å². The van der Waals surface area contributed by atoms with Gasteiger partial charge in [0.25, 0.3) is 0 Å². The standard InChI is InChI=1S/C14H21BrN2S/c1-11(2)18-14-4-3-12(9-13(14)15)10-17-7-5-16-6-8-17/h3-4,9,11,16H,5-8,10H2,1-2H3. The second kappa shape index (κ2) is 6.94. The molecule has 100 valence electrons. The van der Waals surface area contributed by atoms with Crippen LogP contribution in [0, 0.1) is 0 Å². The van der Waals surface area contributed by atoms with Crippen molar-refractivity contribution in [3.8, 4) is 0 Å². The SMILES string of the molecule is CC(C)Sc1ccc(CN2CCNCC2)cc1Br. The number of rotatable bonds is 4. The highest BCUT2D eigenvalue weighted by molar-refractivity contribution is 9.10. The van der Waals surface area contributed by atoms with Gasteiger partial charge < -0.3 is 5.32 Å². The Morgan fingerprint density at radius 1 is 1.33 bits per heavy atom. The molecule has 1 aromatic rings. The maximum absolute atomic E-state index is 3.69. The fourth-order valence-corrected chi connectivity index (χ4v) is 3.65. The van der Waals surface area contributed by atoms with Gasteiger partial charge in [0.05, 0.1) is 0 Å². The van der Waals surface area contributed by atoms with E-state index in [-0.39, 0.29) is 0 Å². The lowest BCUT2D eigenvalue weighted by molar-refractivity contribution is 0.233. The number of nitrogens with one attached hydrogen (secondary N) is 1. The summed E-state index contributed by atoms with van der Waals surface area (Å²) in [6.07, 6.45) is 0. The van der Waals surface area contributed by atoms with Gasteiger partial charge in [0, 0.05) is 47.3 Å². The summed E-state index contributed by atoms with van der Waals surface area (Å²) in [5, 5.41) is 4.01. The lowest BCUT2D eigenvalue weighted by atomic mass is 10.2. The van der Waals surface area contributed by atoms with Gasteiger partial charge in [-0.1, -0.05) is 19.9 Å². The van der Waals surface area contributed by atoms with Gasteiger partial charge in [0.15, 0.2) is 0 Å². The predicted molar refractivity (Wildman–Crippen MR) is 83.3 cm³/mol. The third-order valence-corrected chi connectivity index (χ3v) is 4.97. The van der Waals surface area contributed by atoms with E-state index in [1.807, 2.05) is 11.8 Å². The molecule has 0 saturated carbocycles. The topological polar surface area (TPSA) is 15.3 Å². The summed E-state index contributed by atoms with van der Waals surface area (Å²) in [4.78, 5) is 3.85. The molecule has 0 aromatic heterocycles. The Bertz CT molecular complexity index is 389. The predicted octanol–water partition coefficient (Wildman–Crippen LogP) is 3.35. The summed E-state index contributed by atoms with van der Waals surface area (Å²) in [6.45, 7) is 10.1. The molecule has 4 heteroatoms. The number of hydrogen-bond donors (Lipinski definition) is 1. The van der Waals surface area contributed by atoms with Gasteiger partial charge >= 0.3 is 0 Å². The molecular formula is C14H21BrN2S. The molecule has 1 N–H and O–H groups in total. The quantitative estimate of drug-likeness (QED) is 0.853. The Morgan fingerprint density at radius 2 is 2.06 bits per heavy atom. The van der Waals surface area contributed by atoms with Gasteiger partial charge in [-0.15, -0.1) is 11.8 Å². The van der Waals surface area contributed by atoms with E-state index in [4.69, 9.17) is 0 Å². The Morgan fingerprint density at radius 3 is 2.67 bits per heavy atom. The summed E-state index contributed by atoms with van der Waals surface area (Å²) < 4.78 is 1.23.